The lowest BCUT2D eigenvalue weighted by Crippen LogP contribution is -2.49. The SMILES string of the molecule is CCCC1CC1NC(=NC)NC1CCN(Cc2ccccc2C)CC1. The lowest BCUT2D eigenvalue weighted by Gasteiger charge is -2.33. The van der Waals surface area contributed by atoms with Crippen LogP contribution in [0, 0.1) is 12.8 Å². The topological polar surface area (TPSA) is 39.7 Å². The van der Waals surface area contributed by atoms with E-state index in [2.05, 4.69) is 58.6 Å². The van der Waals surface area contributed by atoms with Gasteiger partial charge in [0.2, 0.25) is 0 Å². The van der Waals surface area contributed by atoms with E-state index in [0.717, 1.165) is 31.5 Å². The zero-order chi connectivity index (χ0) is 17.6. The van der Waals surface area contributed by atoms with Crippen molar-refractivity contribution in [2.75, 3.05) is 20.1 Å². The van der Waals surface area contributed by atoms with E-state index in [1.54, 1.807) is 0 Å². The van der Waals surface area contributed by atoms with Crippen molar-refractivity contribution in [2.45, 2.75) is 64.6 Å². The highest BCUT2D eigenvalue weighted by Gasteiger charge is 2.36. The van der Waals surface area contributed by atoms with Crippen LogP contribution in [0.15, 0.2) is 29.3 Å². The highest BCUT2D eigenvalue weighted by Crippen LogP contribution is 2.34. The second kappa shape index (κ2) is 8.70. The number of hydrogen-bond donors (Lipinski definition) is 2. The average molecular weight is 343 g/mol. The maximum absolute atomic E-state index is 4.44. The van der Waals surface area contributed by atoms with Gasteiger partial charge in [-0.3, -0.25) is 9.89 Å². The molecule has 4 heteroatoms. The van der Waals surface area contributed by atoms with Crippen molar-refractivity contribution >= 4 is 5.96 Å². The van der Waals surface area contributed by atoms with Gasteiger partial charge >= 0.3 is 0 Å². The van der Waals surface area contributed by atoms with Gasteiger partial charge in [-0.1, -0.05) is 37.6 Å². The van der Waals surface area contributed by atoms with Gasteiger partial charge in [0, 0.05) is 38.8 Å². The van der Waals surface area contributed by atoms with E-state index in [-0.39, 0.29) is 0 Å². The van der Waals surface area contributed by atoms with E-state index >= 15 is 0 Å². The molecule has 0 spiro atoms. The number of nitrogens with one attached hydrogen (secondary N) is 2. The predicted octanol–water partition coefficient (Wildman–Crippen LogP) is 3.31. The molecule has 4 nitrogen and oxygen atoms in total. The summed E-state index contributed by atoms with van der Waals surface area (Å²) in [6.07, 6.45) is 6.31. The van der Waals surface area contributed by atoms with E-state index in [1.165, 1.54) is 43.2 Å². The Labute approximate surface area is 153 Å². The van der Waals surface area contributed by atoms with Crippen molar-refractivity contribution in [2.24, 2.45) is 10.9 Å². The number of rotatable bonds is 6. The second-order valence-electron chi connectivity index (χ2n) is 7.73. The van der Waals surface area contributed by atoms with E-state index < -0.39 is 0 Å². The molecule has 2 unspecified atom stereocenters. The summed E-state index contributed by atoms with van der Waals surface area (Å²) < 4.78 is 0. The summed E-state index contributed by atoms with van der Waals surface area (Å²) in [5.74, 6) is 1.86. The van der Waals surface area contributed by atoms with Gasteiger partial charge in [0.15, 0.2) is 5.96 Å². The van der Waals surface area contributed by atoms with Gasteiger partial charge in [-0.15, -0.1) is 0 Å². The van der Waals surface area contributed by atoms with Gasteiger partial charge in [0.25, 0.3) is 0 Å². The zero-order valence-corrected chi connectivity index (χ0v) is 16.1. The minimum absolute atomic E-state index is 0.544. The molecule has 1 aliphatic heterocycles. The van der Waals surface area contributed by atoms with Crippen molar-refractivity contribution in [3.63, 3.8) is 0 Å². The highest BCUT2D eigenvalue weighted by atomic mass is 15.2. The summed E-state index contributed by atoms with van der Waals surface area (Å²) in [5, 5.41) is 7.25. The second-order valence-corrected chi connectivity index (χ2v) is 7.73. The third-order valence-electron chi connectivity index (χ3n) is 5.71. The fourth-order valence-corrected chi connectivity index (χ4v) is 3.92. The first-order chi connectivity index (χ1) is 12.2. The Hall–Kier alpha value is -1.55. The van der Waals surface area contributed by atoms with Crippen LogP contribution < -0.4 is 10.6 Å². The highest BCUT2D eigenvalue weighted by molar-refractivity contribution is 5.80. The molecule has 0 bridgehead atoms. The number of piperidine rings is 1. The van der Waals surface area contributed by atoms with Crippen LogP contribution in [-0.4, -0.2) is 43.1 Å². The fraction of sp³-hybridized carbons (Fsp3) is 0.667. The lowest BCUT2D eigenvalue weighted by atomic mass is 10.0. The lowest BCUT2D eigenvalue weighted by molar-refractivity contribution is 0.198. The van der Waals surface area contributed by atoms with Crippen molar-refractivity contribution in [3.05, 3.63) is 35.4 Å². The van der Waals surface area contributed by atoms with Crippen LogP contribution in [0.5, 0.6) is 0 Å². The number of guanidine groups is 1. The maximum atomic E-state index is 4.44. The van der Waals surface area contributed by atoms with Crippen molar-refractivity contribution in [1.82, 2.24) is 15.5 Å². The van der Waals surface area contributed by atoms with Gasteiger partial charge < -0.3 is 10.6 Å². The van der Waals surface area contributed by atoms with Gasteiger partial charge in [-0.05, 0) is 49.7 Å². The zero-order valence-electron chi connectivity index (χ0n) is 16.1. The number of likely N-dealkylation sites (tertiary alicyclic amines) is 1. The van der Waals surface area contributed by atoms with Crippen LogP contribution >= 0.6 is 0 Å². The molecule has 2 fully saturated rings. The summed E-state index contributed by atoms with van der Waals surface area (Å²) in [7, 11) is 1.89. The first-order valence-corrected chi connectivity index (χ1v) is 9.96. The van der Waals surface area contributed by atoms with Crippen LogP contribution in [0.25, 0.3) is 0 Å². The van der Waals surface area contributed by atoms with E-state index in [4.69, 9.17) is 0 Å². The van der Waals surface area contributed by atoms with Gasteiger partial charge in [-0.25, -0.2) is 0 Å². The number of hydrogen-bond acceptors (Lipinski definition) is 2. The third-order valence-corrected chi connectivity index (χ3v) is 5.71. The van der Waals surface area contributed by atoms with Gasteiger partial charge in [-0.2, -0.15) is 0 Å². The van der Waals surface area contributed by atoms with Crippen molar-refractivity contribution in [3.8, 4) is 0 Å². The normalized spacial score (nSPS) is 25.0. The average Bonchev–Trinajstić information content (AvgIpc) is 3.36. The Morgan fingerprint density at radius 3 is 2.64 bits per heavy atom. The Morgan fingerprint density at radius 1 is 1.20 bits per heavy atom. The predicted molar refractivity (Wildman–Crippen MR) is 106 cm³/mol. The number of aryl methyl sites for hydroxylation is 1. The largest absolute Gasteiger partial charge is 0.354 e. The van der Waals surface area contributed by atoms with E-state index in [0.29, 0.717) is 12.1 Å². The summed E-state index contributed by atoms with van der Waals surface area (Å²) >= 11 is 0. The van der Waals surface area contributed by atoms with E-state index in [9.17, 15) is 0 Å². The van der Waals surface area contributed by atoms with Crippen LogP contribution in [0.4, 0.5) is 0 Å². The molecule has 1 aromatic carbocycles. The van der Waals surface area contributed by atoms with Crippen molar-refractivity contribution in [1.29, 1.82) is 0 Å². The first-order valence-electron chi connectivity index (χ1n) is 9.96. The van der Waals surface area contributed by atoms with Gasteiger partial charge in [0.1, 0.15) is 0 Å². The minimum Gasteiger partial charge on any atom is -0.354 e. The maximum Gasteiger partial charge on any atom is 0.191 e. The molecule has 1 saturated heterocycles. The van der Waals surface area contributed by atoms with E-state index in [1.807, 2.05) is 7.05 Å². The molecule has 1 aromatic rings. The smallest absolute Gasteiger partial charge is 0.191 e. The Balaban J connectivity index is 1.40. The molecule has 25 heavy (non-hydrogen) atoms. The third kappa shape index (κ3) is 5.21. The Morgan fingerprint density at radius 2 is 1.96 bits per heavy atom. The van der Waals surface area contributed by atoms with Crippen LogP contribution in [0.2, 0.25) is 0 Å². The summed E-state index contributed by atoms with van der Waals surface area (Å²) in [5.41, 5.74) is 2.86. The summed E-state index contributed by atoms with van der Waals surface area (Å²) in [6.45, 7) is 7.87. The molecule has 2 atom stereocenters. The molecule has 2 N–H and O–H groups in total. The molecular weight excluding hydrogens is 308 g/mol. The molecule has 0 radical (unpaired) electrons. The standard InChI is InChI=1S/C21H34N4/c1-4-7-17-14-20(17)24-21(22-3)23-19-10-12-25(13-11-19)15-18-9-6-5-8-16(18)2/h5-6,8-9,17,19-20H,4,7,10-15H2,1-3H3,(H2,22,23,24). The summed E-state index contributed by atoms with van der Waals surface area (Å²) in [6, 6.07) is 9.93. The van der Waals surface area contributed by atoms with Crippen LogP contribution in [0.1, 0.15) is 50.2 Å². The molecule has 2 aliphatic rings. The molecule has 138 valence electrons. The Bertz CT molecular complexity index is 575. The first kappa shape index (κ1) is 18.2. The van der Waals surface area contributed by atoms with Crippen LogP contribution in [0.3, 0.4) is 0 Å². The number of benzene rings is 1. The Kier molecular flexibility index (Phi) is 6.35. The molecule has 3 rings (SSSR count). The van der Waals surface area contributed by atoms with Gasteiger partial charge in [0.05, 0.1) is 0 Å². The monoisotopic (exact) mass is 342 g/mol. The molecule has 1 aliphatic carbocycles. The van der Waals surface area contributed by atoms with Crippen LogP contribution in [-0.2, 0) is 6.54 Å². The molecule has 0 aromatic heterocycles. The number of nitrogens with zero attached hydrogens (tertiary/aromatic N) is 2. The number of aliphatic imine (C=N–C) groups is 1. The fourth-order valence-electron chi connectivity index (χ4n) is 3.92. The molecule has 1 heterocycles. The minimum atomic E-state index is 0.544. The summed E-state index contributed by atoms with van der Waals surface area (Å²) in [4.78, 5) is 7.01. The molecular formula is C21H34N4. The quantitative estimate of drug-likeness (QED) is 0.615. The van der Waals surface area contributed by atoms with Crippen molar-refractivity contribution < 1.29 is 0 Å². The molecule has 1 saturated carbocycles. The molecule has 0 amide bonds.